The minimum absolute atomic E-state index is 0.268. The van der Waals surface area contributed by atoms with Gasteiger partial charge in [0.15, 0.2) is 11.5 Å². The monoisotopic (exact) mass is 304 g/mol. The van der Waals surface area contributed by atoms with Crippen LogP contribution in [0.2, 0.25) is 0 Å². The molecule has 1 aliphatic rings. The smallest absolute Gasteiger partial charge is 0.329 e. The molecule has 0 saturated carbocycles. The Hall–Kier alpha value is -2.50. The summed E-state index contributed by atoms with van der Waals surface area (Å²) in [5.41, 5.74) is 1.02. The maximum absolute atomic E-state index is 12.2. The maximum Gasteiger partial charge on any atom is 0.329 e. The van der Waals surface area contributed by atoms with Gasteiger partial charge in [0.05, 0.1) is 13.7 Å². The number of urea groups is 1. The molecule has 22 heavy (non-hydrogen) atoms. The zero-order chi connectivity index (χ0) is 16.1. The van der Waals surface area contributed by atoms with Gasteiger partial charge in [0.1, 0.15) is 5.70 Å². The molecule has 2 rings (SSSR count). The Kier molecular flexibility index (Phi) is 5.04. The van der Waals surface area contributed by atoms with E-state index in [0.29, 0.717) is 24.7 Å². The Balaban J connectivity index is 2.26. The van der Waals surface area contributed by atoms with E-state index in [1.54, 1.807) is 25.3 Å². The number of nitrogens with one attached hydrogen (secondary N) is 1. The third kappa shape index (κ3) is 3.21. The number of rotatable bonds is 6. The van der Waals surface area contributed by atoms with Gasteiger partial charge in [-0.25, -0.2) is 4.79 Å². The lowest BCUT2D eigenvalue weighted by Crippen LogP contribution is -2.31. The summed E-state index contributed by atoms with van der Waals surface area (Å²) < 4.78 is 10.7. The molecule has 0 aromatic heterocycles. The number of hydrogen-bond donors (Lipinski definition) is 1. The van der Waals surface area contributed by atoms with Gasteiger partial charge in [-0.05, 0) is 37.1 Å². The molecule has 0 bridgehead atoms. The molecule has 1 aromatic carbocycles. The van der Waals surface area contributed by atoms with E-state index in [4.69, 9.17) is 9.47 Å². The summed E-state index contributed by atoms with van der Waals surface area (Å²) in [5, 5.41) is 2.59. The Labute approximate surface area is 129 Å². The van der Waals surface area contributed by atoms with Crippen molar-refractivity contribution in [1.29, 1.82) is 0 Å². The third-order valence-electron chi connectivity index (χ3n) is 3.21. The van der Waals surface area contributed by atoms with Crippen molar-refractivity contribution in [2.75, 3.05) is 20.3 Å². The second kappa shape index (κ2) is 6.98. The molecule has 1 saturated heterocycles. The maximum atomic E-state index is 12.2. The van der Waals surface area contributed by atoms with E-state index in [-0.39, 0.29) is 17.6 Å². The first-order valence-corrected chi connectivity index (χ1v) is 7.26. The lowest BCUT2D eigenvalue weighted by Gasteiger charge is -2.10. The molecule has 1 heterocycles. The van der Waals surface area contributed by atoms with E-state index in [1.165, 1.54) is 4.90 Å². The molecule has 118 valence electrons. The number of ether oxygens (including phenoxy) is 2. The van der Waals surface area contributed by atoms with Crippen LogP contribution in [0.3, 0.4) is 0 Å². The van der Waals surface area contributed by atoms with Crippen LogP contribution in [0.15, 0.2) is 23.9 Å². The molecule has 6 nitrogen and oxygen atoms in total. The molecule has 0 aliphatic carbocycles. The Morgan fingerprint density at radius 2 is 2.00 bits per heavy atom. The van der Waals surface area contributed by atoms with Crippen LogP contribution in [0.25, 0.3) is 6.08 Å². The van der Waals surface area contributed by atoms with Crippen molar-refractivity contribution >= 4 is 18.0 Å². The predicted molar refractivity (Wildman–Crippen MR) is 82.7 cm³/mol. The summed E-state index contributed by atoms with van der Waals surface area (Å²) in [7, 11) is 1.56. The second-order valence-electron chi connectivity index (χ2n) is 4.79. The number of carbonyl (C=O) groups excluding carboxylic acids is 2. The van der Waals surface area contributed by atoms with Crippen LogP contribution in [-0.4, -0.2) is 37.1 Å². The minimum atomic E-state index is -0.379. The quantitative estimate of drug-likeness (QED) is 0.647. The molecule has 0 unspecified atom stereocenters. The molecule has 0 radical (unpaired) electrons. The number of nitrogens with zero attached hydrogens (tertiary/aromatic N) is 1. The molecule has 1 N–H and O–H groups in total. The van der Waals surface area contributed by atoms with Crippen molar-refractivity contribution in [1.82, 2.24) is 10.2 Å². The normalized spacial score (nSPS) is 16.1. The molecular formula is C16H20N2O4. The van der Waals surface area contributed by atoms with E-state index >= 15 is 0 Å². The van der Waals surface area contributed by atoms with E-state index < -0.39 is 0 Å². The van der Waals surface area contributed by atoms with Crippen LogP contribution in [0.1, 0.15) is 25.8 Å². The van der Waals surface area contributed by atoms with Crippen LogP contribution in [0.5, 0.6) is 11.5 Å². The van der Waals surface area contributed by atoms with Gasteiger partial charge in [0.25, 0.3) is 5.91 Å². The number of benzene rings is 1. The second-order valence-corrected chi connectivity index (χ2v) is 4.79. The summed E-state index contributed by atoms with van der Waals surface area (Å²) in [4.78, 5) is 25.1. The first-order chi connectivity index (χ1) is 10.6. The predicted octanol–water partition coefficient (Wildman–Crippen LogP) is 2.40. The molecule has 0 atom stereocenters. The topological polar surface area (TPSA) is 67.9 Å². The fraction of sp³-hybridized carbons (Fsp3) is 0.375. The van der Waals surface area contributed by atoms with E-state index in [1.807, 2.05) is 19.9 Å². The van der Waals surface area contributed by atoms with Gasteiger partial charge in [0, 0.05) is 6.54 Å². The molecule has 6 heteroatoms. The van der Waals surface area contributed by atoms with Gasteiger partial charge in [-0.1, -0.05) is 13.0 Å². The third-order valence-corrected chi connectivity index (χ3v) is 3.21. The fourth-order valence-corrected chi connectivity index (χ4v) is 2.21. The van der Waals surface area contributed by atoms with E-state index in [2.05, 4.69) is 5.32 Å². The minimum Gasteiger partial charge on any atom is -0.493 e. The largest absolute Gasteiger partial charge is 0.493 e. The van der Waals surface area contributed by atoms with Crippen LogP contribution in [0.4, 0.5) is 4.79 Å². The number of carbonyl (C=O) groups is 2. The van der Waals surface area contributed by atoms with Gasteiger partial charge in [-0.15, -0.1) is 0 Å². The number of imide groups is 1. The summed E-state index contributed by atoms with van der Waals surface area (Å²) >= 11 is 0. The number of methoxy groups -OCH3 is 1. The molecular weight excluding hydrogens is 284 g/mol. The number of amides is 3. The first-order valence-electron chi connectivity index (χ1n) is 7.26. The van der Waals surface area contributed by atoms with Crippen molar-refractivity contribution in [2.24, 2.45) is 0 Å². The van der Waals surface area contributed by atoms with Crippen LogP contribution in [0, 0.1) is 0 Å². The van der Waals surface area contributed by atoms with Crippen molar-refractivity contribution in [2.45, 2.75) is 20.3 Å². The van der Waals surface area contributed by atoms with Gasteiger partial charge in [0.2, 0.25) is 0 Å². The summed E-state index contributed by atoms with van der Waals surface area (Å²) in [6.07, 6.45) is 2.36. The van der Waals surface area contributed by atoms with Gasteiger partial charge < -0.3 is 14.8 Å². The summed E-state index contributed by atoms with van der Waals surface area (Å²) in [5.74, 6) is 0.916. The zero-order valence-electron chi connectivity index (χ0n) is 13.0. The Bertz CT molecular complexity index is 610. The Morgan fingerprint density at radius 1 is 1.23 bits per heavy atom. The van der Waals surface area contributed by atoms with Crippen molar-refractivity contribution in [3.05, 3.63) is 29.5 Å². The summed E-state index contributed by atoms with van der Waals surface area (Å²) in [6, 6.07) is 4.97. The van der Waals surface area contributed by atoms with Gasteiger partial charge in [-0.2, -0.15) is 0 Å². The van der Waals surface area contributed by atoms with Crippen LogP contribution in [-0.2, 0) is 4.79 Å². The van der Waals surface area contributed by atoms with Crippen LogP contribution < -0.4 is 14.8 Å². The molecule has 3 amide bonds. The highest BCUT2D eigenvalue weighted by Crippen LogP contribution is 2.29. The SMILES string of the molecule is CCCN1C(=O)N/C(=C/c2ccc(OCC)c(OC)c2)C1=O. The highest BCUT2D eigenvalue weighted by molar-refractivity contribution is 6.13. The first kappa shape index (κ1) is 15.9. The average Bonchev–Trinajstić information content (AvgIpc) is 2.77. The van der Waals surface area contributed by atoms with E-state index in [0.717, 1.165) is 12.0 Å². The van der Waals surface area contributed by atoms with Gasteiger partial charge >= 0.3 is 6.03 Å². The molecule has 1 fully saturated rings. The van der Waals surface area contributed by atoms with Crippen molar-refractivity contribution in [3.8, 4) is 11.5 Å². The molecule has 1 aromatic rings. The van der Waals surface area contributed by atoms with Crippen molar-refractivity contribution < 1.29 is 19.1 Å². The molecule has 0 spiro atoms. The lowest BCUT2D eigenvalue weighted by molar-refractivity contribution is -0.122. The Morgan fingerprint density at radius 3 is 2.64 bits per heavy atom. The standard InChI is InChI=1S/C16H20N2O4/c1-4-8-18-15(19)12(17-16(18)20)9-11-6-7-13(22-5-2)14(10-11)21-3/h6-7,9-10H,4-5,8H2,1-3H3,(H,17,20)/b12-9+. The average molecular weight is 304 g/mol. The fourth-order valence-electron chi connectivity index (χ4n) is 2.21. The highest BCUT2D eigenvalue weighted by atomic mass is 16.5. The summed E-state index contributed by atoms with van der Waals surface area (Å²) in [6.45, 7) is 4.76. The van der Waals surface area contributed by atoms with Crippen LogP contribution >= 0.6 is 0 Å². The highest BCUT2D eigenvalue weighted by Gasteiger charge is 2.32. The van der Waals surface area contributed by atoms with Gasteiger partial charge in [-0.3, -0.25) is 9.69 Å². The molecule has 1 aliphatic heterocycles. The zero-order valence-corrected chi connectivity index (χ0v) is 13.0. The van der Waals surface area contributed by atoms with Crippen molar-refractivity contribution in [3.63, 3.8) is 0 Å². The van der Waals surface area contributed by atoms with E-state index in [9.17, 15) is 9.59 Å². The lowest BCUT2D eigenvalue weighted by atomic mass is 10.1. The number of hydrogen-bond acceptors (Lipinski definition) is 4.